The van der Waals surface area contributed by atoms with Crippen molar-refractivity contribution >= 4 is 23.1 Å². The van der Waals surface area contributed by atoms with E-state index in [1.165, 1.54) is 6.20 Å². The third kappa shape index (κ3) is 3.09. The number of hydrazine groups is 1. The summed E-state index contributed by atoms with van der Waals surface area (Å²) in [7, 11) is 0. The Bertz CT molecular complexity index is 558. The molecule has 2 heterocycles. The first-order valence-electron chi connectivity index (χ1n) is 5.49. The van der Waals surface area contributed by atoms with Crippen molar-refractivity contribution in [3.63, 3.8) is 0 Å². The number of anilines is 1. The van der Waals surface area contributed by atoms with Gasteiger partial charge in [-0.05, 0) is 26.8 Å². The highest BCUT2D eigenvalue weighted by atomic mass is 16.6. The number of nitrogens with one attached hydrogen (secondary N) is 3. The minimum absolute atomic E-state index is 0.438. The quantitative estimate of drug-likeness (QED) is 0.706. The maximum Gasteiger partial charge on any atom is 0.426 e. The van der Waals surface area contributed by atoms with Gasteiger partial charge in [-0.15, -0.1) is 0 Å². The maximum absolute atomic E-state index is 11.4. The first kappa shape index (κ1) is 12.2. The first-order valence-corrected chi connectivity index (χ1v) is 5.49. The molecule has 0 radical (unpaired) electrons. The standard InChI is InChI=1S/C11H15N5O2/c1-11(2,3)18-10(17)16-15-8-6-13-9-7(14-8)4-5-12-9/h4-6H,1-3H3,(H,12,13)(H,14,15)(H,16,17). The number of fused-ring (bicyclic) bond motifs is 1. The Kier molecular flexibility index (Phi) is 3.05. The van der Waals surface area contributed by atoms with Gasteiger partial charge in [0.05, 0.1) is 6.20 Å². The van der Waals surface area contributed by atoms with Crippen molar-refractivity contribution in [2.45, 2.75) is 26.4 Å². The molecule has 96 valence electrons. The van der Waals surface area contributed by atoms with Crippen molar-refractivity contribution in [1.29, 1.82) is 0 Å². The number of hydrogen-bond acceptors (Lipinski definition) is 5. The summed E-state index contributed by atoms with van der Waals surface area (Å²) in [4.78, 5) is 22.7. The number of rotatable bonds is 2. The highest BCUT2D eigenvalue weighted by Gasteiger charge is 2.15. The molecule has 2 rings (SSSR count). The highest BCUT2D eigenvalue weighted by molar-refractivity contribution is 5.73. The van der Waals surface area contributed by atoms with Gasteiger partial charge in [-0.2, -0.15) is 0 Å². The van der Waals surface area contributed by atoms with E-state index in [1.54, 1.807) is 33.0 Å². The number of amides is 1. The minimum Gasteiger partial charge on any atom is -0.443 e. The molecule has 2 aromatic heterocycles. The maximum atomic E-state index is 11.4. The van der Waals surface area contributed by atoms with Crippen molar-refractivity contribution in [1.82, 2.24) is 20.4 Å². The minimum atomic E-state index is -0.571. The molecule has 1 amide bonds. The molecule has 0 aliphatic heterocycles. The Morgan fingerprint density at radius 2 is 2.22 bits per heavy atom. The average molecular weight is 249 g/mol. The molecule has 0 aliphatic rings. The second-order valence-electron chi connectivity index (χ2n) is 4.72. The molecule has 0 atom stereocenters. The van der Waals surface area contributed by atoms with E-state index >= 15 is 0 Å². The van der Waals surface area contributed by atoms with Crippen LogP contribution in [0, 0.1) is 0 Å². The zero-order valence-corrected chi connectivity index (χ0v) is 10.4. The van der Waals surface area contributed by atoms with Crippen LogP contribution in [0.15, 0.2) is 18.5 Å². The van der Waals surface area contributed by atoms with Gasteiger partial charge in [-0.25, -0.2) is 20.2 Å². The number of carbonyl (C=O) groups excluding carboxylic acids is 1. The molecule has 2 aromatic rings. The lowest BCUT2D eigenvalue weighted by Crippen LogP contribution is -2.36. The molecule has 18 heavy (non-hydrogen) atoms. The van der Waals surface area contributed by atoms with E-state index in [-0.39, 0.29) is 0 Å². The van der Waals surface area contributed by atoms with Crippen molar-refractivity contribution in [2.24, 2.45) is 0 Å². The van der Waals surface area contributed by atoms with Gasteiger partial charge in [0.15, 0.2) is 11.5 Å². The van der Waals surface area contributed by atoms with Crippen LogP contribution in [0.5, 0.6) is 0 Å². The fourth-order valence-electron chi connectivity index (χ4n) is 1.31. The van der Waals surface area contributed by atoms with Crippen LogP contribution in [-0.4, -0.2) is 26.6 Å². The van der Waals surface area contributed by atoms with E-state index in [0.29, 0.717) is 17.0 Å². The van der Waals surface area contributed by atoms with Gasteiger partial charge < -0.3 is 9.72 Å². The second kappa shape index (κ2) is 4.52. The van der Waals surface area contributed by atoms with Gasteiger partial charge in [-0.3, -0.25) is 5.43 Å². The number of nitrogens with zero attached hydrogens (tertiary/aromatic N) is 2. The number of ether oxygens (including phenoxy) is 1. The molecule has 0 aromatic carbocycles. The van der Waals surface area contributed by atoms with E-state index in [9.17, 15) is 4.79 Å². The molecular formula is C11H15N5O2. The fourth-order valence-corrected chi connectivity index (χ4v) is 1.31. The fraction of sp³-hybridized carbons (Fsp3) is 0.364. The van der Waals surface area contributed by atoms with Crippen LogP contribution in [0.3, 0.4) is 0 Å². The topological polar surface area (TPSA) is 91.9 Å². The summed E-state index contributed by atoms with van der Waals surface area (Å²) in [5, 5.41) is 0. The Labute approximate surface area is 104 Å². The molecule has 0 spiro atoms. The molecule has 0 saturated carbocycles. The molecule has 0 aliphatic carbocycles. The van der Waals surface area contributed by atoms with Crippen LogP contribution in [0.4, 0.5) is 10.6 Å². The van der Waals surface area contributed by atoms with E-state index in [2.05, 4.69) is 25.8 Å². The van der Waals surface area contributed by atoms with Crippen molar-refractivity contribution in [2.75, 3.05) is 5.43 Å². The normalized spacial score (nSPS) is 11.3. The molecule has 7 nitrogen and oxygen atoms in total. The van der Waals surface area contributed by atoms with E-state index < -0.39 is 11.7 Å². The summed E-state index contributed by atoms with van der Waals surface area (Å²) in [6.45, 7) is 5.37. The number of carbonyl (C=O) groups is 1. The van der Waals surface area contributed by atoms with E-state index in [1.807, 2.05) is 0 Å². The summed E-state index contributed by atoms with van der Waals surface area (Å²) in [6, 6.07) is 1.79. The number of aromatic nitrogens is 3. The lowest BCUT2D eigenvalue weighted by molar-refractivity contribution is 0.0541. The van der Waals surface area contributed by atoms with Gasteiger partial charge in [0, 0.05) is 6.20 Å². The first-order chi connectivity index (χ1) is 8.44. The lowest BCUT2D eigenvalue weighted by Gasteiger charge is -2.19. The molecule has 3 N–H and O–H groups in total. The number of H-pyrrole nitrogens is 1. The molecule has 7 heteroatoms. The van der Waals surface area contributed by atoms with Crippen LogP contribution in [-0.2, 0) is 4.74 Å². The zero-order valence-electron chi connectivity index (χ0n) is 10.4. The Balaban J connectivity index is 1.95. The number of hydrogen-bond donors (Lipinski definition) is 3. The van der Waals surface area contributed by atoms with Crippen LogP contribution < -0.4 is 10.9 Å². The van der Waals surface area contributed by atoms with Crippen LogP contribution in [0.25, 0.3) is 11.2 Å². The molecule has 0 fully saturated rings. The van der Waals surface area contributed by atoms with Crippen LogP contribution in [0.1, 0.15) is 20.8 Å². The summed E-state index contributed by atoms with van der Waals surface area (Å²) in [5.41, 5.74) is 5.89. The molecule has 0 unspecified atom stereocenters. The second-order valence-corrected chi connectivity index (χ2v) is 4.72. The highest BCUT2D eigenvalue weighted by Crippen LogP contribution is 2.09. The Morgan fingerprint density at radius 3 is 2.94 bits per heavy atom. The van der Waals surface area contributed by atoms with E-state index in [0.717, 1.165) is 0 Å². The largest absolute Gasteiger partial charge is 0.443 e. The monoisotopic (exact) mass is 249 g/mol. The average Bonchev–Trinajstić information content (AvgIpc) is 2.71. The van der Waals surface area contributed by atoms with Crippen LogP contribution in [0.2, 0.25) is 0 Å². The van der Waals surface area contributed by atoms with Crippen LogP contribution >= 0.6 is 0 Å². The van der Waals surface area contributed by atoms with Gasteiger partial charge in [0.2, 0.25) is 0 Å². The van der Waals surface area contributed by atoms with Gasteiger partial charge in [0.1, 0.15) is 11.1 Å². The number of aromatic amines is 1. The Hall–Kier alpha value is -2.31. The molecule has 0 saturated heterocycles. The predicted molar refractivity (Wildman–Crippen MR) is 66.9 cm³/mol. The zero-order chi connectivity index (χ0) is 13.2. The summed E-state index contributed by atoms with van der Waals surface area (Å²) < 4.78 is 5.07. The molecule has 0 bridgehead atoms. The van der Waals surface area contributed by atoms with Gasteiger partial charge >= 0.3 is 6.09 Å². The van der Waals surface area contributed by atoms with Crippen molar-refractivity contribution in [3.8, 4) is 0 Å². The third-order valence-corrected chi connectivity index (χ3v) is 1.95. The summed E-state index contributed by atoms with van der Waals surface area (Å²) >= 11 is 0. The molecular weight excluding hydrogens is 234 g/mol. The smallest absolute Gasteiger partial charge is 0.426 e. The lowest BCUT2D eigenvalue weighted by atomic mass is 10.2. The summed E-state index contributed by atoms with van der Waals surface area (Å²) in [5.74, 6) is 0.438. The van der Waals surface area contributed by atoms with Crippen molar-refractivity contribution < 1.29 is 9.53 Å². The SMILES string of the molecule is CC(C)(C)OC(=O)NNc1cnc2[nH]ccc2n1. The third-order valence-electron chi connectivity index (χ3n) is 1.95. The van der Waals surface area contributed by atoms with Gasteiger partial charge in [0.25, 0.3) is 0 Å². The van der Waals surface area contributed by atoms with E-state index in [4.69, 9.17) is 4.74 Å². The van der Waals surface area contributed by atoms with Gasteiger partial charge in [-0.1, -0.05) is 0 Å². The van der Waals surface area contributed by atoms with Crippen molar-refractivity contribution in [3.05, 3.63) is 18.5 Å². The predicted octanol–water partition coefficient (Wildman–Crippen LogP) is 1.81. The summed E-state index contributed by atoms with van der Waals surface area (Å²) in [6.07, 6.45) is 2.69. The Morgan fingerprint density at radius 1 is 1.44 bits per heavy atom.